The molecule has 1 aromatic carbocycles. The molecule has 2 aliphatic heterocycles. The molecule has 0 spiro atoms. The van der Waals surface area contributed by atoms with Gasteiger partial charge in [-0.2, -0.15) is 0 Å². The smallest absolute Gasteiger partial charge is 0.266 e. The monoisotopic (exact) mass is 525 g/mol. The fourth-order valence-electron chi connectivity index (χ4n) is 5.10. The first-order valence-corrected chi connectivity index (χ1v) is 12.8. The first-order valence-electron chi connectivity index (χ1n) is 12.8. The number of hydrogen-bond donors (Lipinski definition) is 1. The van der Waals surface area contributed by atoms with Crippen LogP contribution < -0.4 is 5.32 Å². The van der Waals surface area contributed by atoms with Gasteiger partial charge in [-0.3, -0.25) is 4.79 Å². The van der Waals surface area contributed by atoms with Crippen LogP contribution in [-0.2, 0) is 9.53 Å². The van der Waals surface area contributed by atoms with E-state index < -0.39 is 23.8 Å². The number of nitrogens with one attached hydrogen (secondary N) is 1. The van der Waals surface area contributed by atoms with E-state index in [1.165, 1.54) is 12.1 Å². The SMILES string of the molecule is Cc1nc(N[C@H](C)c2cccc(C(F)F)c2F)c2cc(C3=CCN(C(=O)C4CCOCC4)CC3)cnc2n1. The van der Waals surface area contributed by atoms with Crippen molar-refractivity contribution in [3.05, 3.63) is 64.9 Å². The molecule has 4 heterocycles. The van der Waals surface area contributed by atoms with Crippen LogP contribution in [0.1, 0.15) is 61.2 Å². The molecule has 2 aromatic heterocycles. The van der Waals surface area contributed by atoms with Gasteiger partial charge < -0.3 is 15.0 Å². The molecule has 1 saturated heterocycles. The van der Waals surface area contributed by atoms with E-state index in [9.17, 15) is 18.0 Å². The number of halogens is 3. The molecular formula is C28H30F3N5O2. The zero-order valence-corrected chi connectivity index (χ0v) is 21.4. The van der Waals surface area contributed by atoms with Crippen LogP contribution in [0.3, 0.4) is 0 Å². The van der Waals surface area contributed by atoms with Crippen LogP contribution in [0.4, 0.5) is 19.0 Å². The Hall–Kier alpha value is -3.53. The van der Waals surface area contributed by atoms with Crippen molar-refractivity contribution < 1.29 is 22.7 Å². The van der Waals surface area contributed by atoms with Crippen molar-refractivity contribution in [2.24, 2.45) is 5.92 Å². The summed E-state index contributed by atoms with van der Waals surface area (Å²) in [5.74, 6) is 0.219. The Balaban J connectivity index is 1.39. The van der Waals surface area contributed by atoms with Crippen LogP contribution in [0.5, 0.6) is 0 Å². The molecule has 3 aromatic rings. The summed E-state index contributed by atoms with van der Waals surface area (Å²) in [7, 11) is 0. The first-order chi connectivity index (χ1) is 18.3. The van der Waals surface area contributed by atoms with Gasteiger partial charge in [0, 0.05) is 44.0 Å². The van der Waals surface area contributed by atoms with Crippen molar-refractivity contribution in [2.45, 2.75) is 45.6 Å². The number of carbonyl (C=O) groups is 1. The van der Waals surface area contributed by atoms with Gasteiger partial charge >= 0.3 is 0 Å². The molecule has 7 nitrogen and oxygen atoms in total. The lowest BCUT2D eigenvalue weighted by atomic mass is 9.96. The highest BCUT2D eigenvalue weighted by Gasteiger charge is 2.28. The number of aromatic nitrogens is 3. The third kappa shape index (κ3) is 5.36. The van der Waals surface area contributed by atoms with Crippen LogP contribution in [0.2, 0.25) is 0 Å². The lowest BCUT2D eigenvalue weighted by Gasteiger charge is -2.31. The summed E-state index contributed by atoms with van der Waals surface area (Å²) in [5, 5.41) is 3.82. The van der Waals surface area contributed by atoms with Gasteiger partial charge in [-0.15, -0.1) is 0 Å². The number of hydrogen-bond acceptors (Lipinski definition) is 6. The van der Waals surface area contributed by atoms with E-state index >= 15 is 0 Å². The van der Waals surface area contributed by atoms with Gasteiger partial charge in [0.25, 0.3) is 6.43 Å². The van der Waals surface area contributed by atoms with Crippen molar-refractivity contribution in [3.63, 3.8) is 0 Å². The Bertz CT molecular complexity index is 1370. The fraction of sp³-hybridized carbons (Fsp3) is 0.429. The standard InChI is InChI=1S/C28H30F3N5O2/c1-16(21-4-3-5-22(24(21)29)25(30)31)33-27-23-14-20(15-32-26(23)34-17(2)35-27)18-6-10-36(11-7-18)28(37)19-8-12-38-13-9-19/h3-6,14-16,19,25H,7-13H2,1-2H3,(H,32,33,34,35)/t16-/m1/s1. The van der Waals surface area contributed by atoms with Crippen molar-refractivity contribution in [2.75, 3.05) is 31.6 Å². The first kappa shape index (κ1) is 26.1. The van der Waals surface area contributed by atoms with E-state index in [0.29, 0.717) is 55.4 Å². The molecule has 0 bridgehead atoms. The number of amides is 1. The molecule has 1 N–H and O–H groups in total. The lowest BCUT2D eigenvalue weighted by molar-refractivity contribution is -0.138. The Labute approximate surface area is 219 Å². The van der Waals surface area contributed by atoms with E-state index in [0.717, 1.165) is 30.0 Å². The van der Waals surface area contributed by atoms with Crippen molar-refractivity contribution >= 4 is 28.3 Å². The maximum atomic E-state index is 14.8. The van der Waals surface area contributed by atoms with E-state index in [2.05, 4.69) is 26.3 Å². The highest BCUT2D eigenvalue weighted by molar-refractivity contribution is 5.89. The number of nitrogens with zero attached hydrogens (tertiary/aromatic N) is 4. The minimum absolute atomic E-state index is 0.0308. The summed E-state index contributed by atoms with van der Waals surface area (Å²) in [5.41, 5.74) is 1.94. The van der Waals surface area contributed by atoms with Gasteiger partial charge in [0.2, 0.25) is 5.91 Å². The number of benzene rings is 1. The third-order valence-electron chi connectivity index (χ3n) is 7.24. The number of pyridine rings is 1. The van der Waals surface area contributed by atoms with E-state index in [4.69, 9.17) is 4.74 Å². The predicted octanol–water partition coefficient (Wildman–Crippen LogP) is 5.63. The second-order valence-corrected chi connectivity index (χ2v) is 9.78. The molecule has 0 saturated carbocycles. The summed E-state index contributed by atoms with van der Waals surface area (Å²) in [6.07, 6.45) is 3.15. The number of aryl methyl sites for hydroxylation is 1. The van der Waals surface area contributed by atoms with Gasteiger partial charge in [0.15, 0.2) is 5.65 Å². The average Bonchev–Trinajstić information content (AvgIpc) is 2.93. The fourth-order valence-corrected chi connectivity index (χ4v) is 5.10. The van der Waals surface area contributed by atoms with E-state index in [-0.39, 0.29) is 17.4 Å². The molecule has 1 fully saturated rings. The molecule has 1 amide bonds. The van der Waals surface area contributed by atoms with Crippen LogP contribution in [0, 0.1) is 18.7 Å². The zero-order valence-electron chi connectivity index (χ0n) is 21.4. The van der Waals surface area contributed by atoms with E-state index in [1.54, 1.807) is 20.0 Å². The molecule has 200 valence electrons. The molecule has 1 atom stereocenters. The van der Waals surface area contributed by atoms with Gasteiger partial charge in [0.05, 0.1) is 17.0 Å². The highest BCUT2D eigenvalue weighted by atomic mass is 19.3. The van der Waals surface area contributed by atoms with Crippen molar-refractivity contribution in [1.82, 2.24) is 19.9 Å². The molecule has 38 heavy (non-hydrogen) atoms. The number of fused-ring (bicyclic) bond motifs is 1. The Morgan fingerprint density at radius 1 is 1.18 bits per heavy atom. The molecule has 0 radical (unpaired) electrons. The molecule has 5 rings (SSSR count). The summed E-state index contributed by atoms with van der Waals surface area (Å²) in [4.78, 5) is 28.3. The van der Waals surface area contributed by atoms with Gasteiger partial charge in [-0.25, -0.2) is 28.1 Å². The minimum Gasteiger partial charge on any atom is -0.381 e. The summed E-state index contributed by atoms with van der Waals surface area (Å²) in [6.45, 7) is 5.87. The second kappa shape index (κ2) is 11.1. The van der Waals surface area contributed by atoms with Gasteiger partial charge in [-0.1, -0.05) is 24.3 Å². The highest BCUT2D eigenvalue weighted by Crippen LogP contribution is 2.32. The zero-order chi connectivity index (χ0) is 26.8. The number of ether oxygens (including phenoxy) is 1. The quantitative estimate of drug-likeness (QED) is 0.450. The molecule has 10 heteroatoms. The third-order valence-corrected chi connectivity index (χ3v) is 7.24. The second-order valence-electron chi connectivity index (χ2n) is 9.78. The maximum absolute atomic E-state index is 14.8. The van der Waals surface area contributed by atoms with Gasteiger partial charge in [-0.05, 0) is 50.3 Å². The Morgan fingerprint density at radius 3 is 2.66 bits per heavy atom. The normalized spacial score (nSPS) is 17.5. The maximum Gasteiger partial charge on any atom is 0.266 e. The number of carbonyl (C=O) groups excluding carboxylic acids is 1. The average molecular weight is 526 g/mol. The van der Waals surface area contributed by atoms with E-state index in [1.807, 2.05) is 11.0 Å². The summed E-state index contributed by atoms with van der Waals surface area (Å²) >= 11 is 0. The van der Waals surface area contributed by atoms with Crippen LogP contribution in [-0.4, -0.2) is 52.1 Å². The summed E-state index contributed by atoms with van der Waals surface area (Å²) in [6, 6.07) is 5.30. The van der Waals surface area contributed by atoms with Crippen LogP contribution in [0.15, 0.2) is 36.5 Å². The topological polar surface area (TPSA) is 80.2 Å². The van der Waals surface area contributed by atoms with Crippen LogP contribution >= 0.6 is 0 Å². The van der Waals surface area contributed by atoms with Crippen molar-refractivity contribution in [1.29, 1.82) is 0 Å². The molecular weight excluding hydrogens is 495 g/mol. The van der Waals surface area contributed by atoms with Crippen molar-refractivity contribution in [3.8, 4) is 0 Å². The number of alkyl halides is 2. The molecule has 0 unspecified atom stereocenters. The largest absolute Gasteiger partial charge is 0.381 e. The number of anilines is 1. The van der Waals surface area contributed by atoms with Crippen LogP contribution in [0.25, 0.3) is 16.6 Å². The molecule has 0 aliphatic carbocycles. The predicted molar refractivity (Wildman–Crippen MR) is 138 cm³/mol. The Morgan fingerprint density at radius 2 is 1.95 bits per heavy atom. The number of rotatable bonds is 6. The van der Waals surface area contributed by atoms with Gasteiger partial charge in [0.1, 0.15) is 17.5 Å². The molecule has 2 aliphatic rings. The Kier molecular flexibility index (Phi) is 7.60. The summed E-state index contributed by atoms with van der Waals surface area (Å²) < 4.78 is 46.6. The minimum atomic E-state index is -2.90. The lowest BCUT2D eigenvalue weighted by Crippen LogP contribution is -2.40.